The van der Waals surface area contributed by atoms with Crippen LogP contribution in [-0.2, 0) is 4.79 Å². The van der Waals surface area contributed by atoms with Crippen LogP contribution in [-0.4, -0.2) is 15.4 Å². The number of amides is 1. The summed E-state index contributed by atoms with van der Waals surface area (Å²) in [7, 11) is 0. The molecule has 1 N–H and O–H groups in total. The molecular weight excluding hydrogens is 433 g/mol. The normalized spacial score (nSPS) is 43.9. The molecule has 0 aromatic rings. The second kappa shape index (κ2) is 7.08. The summed E-state index contributed by atoms with van der Waals surface area (Å²) in [6.07, 6.45) is 11.0. The van der Waals surface area contributed by atoms with Gasteiger partial charge in [0.1, 0.15) is 0 Å². The van der Waals surface area contributed by atoms with Gasteiger partial charge in [0.15, 0.2) is 0 Å². The summed E-state index contributed by atoms with van der Waals surface area (Å²) in [5.41, 5.74) is 1.69. The highest BCUT2D eigenvalue weighted by molar-refractivity contribution is 14.1. The van der Waals surface area contributed by atoms with E-state index in [-0.39, 0.29) is 16.9 Å². The molecule has 0 saturated heterocycles. The van der Waals surface area contributed by atoms with Gasteiger partial charge in [-0.3, -0.25) is 4.79 Å². The molecular formula is C23H38INO. The van der Waals surface area contributed by atoms with Crippen molar-refractivity contribution in [2.24, 2.45) is 28.6 Å². The van der Waals surface area contributed by atoms with Crippen LogP contribution >= 0.6 is 22.6 Å². The molecule has 1 amide bonds. The molecule has 0 aliphatic heterocycles. The maximum Gasteiger partial charge on any atom is 0.226 e. The molecule has 3 rings (SSSR count). The van der Waals surface area contributed by atoms with E-state index < -0.39 is 0 Å². The van der Waals surface area contributed by atoms with Crippen LogP contribution in [0.4, 0.5) is 0 Å². The van der Waals surface area contributed by atoms with Crippen molar-refractivity contribution >= 4 is 28.5 Å². The number of hydrogen-bond acceptors (Lipinski definition) is 1. The van der Waals surface area contributed by atoms with E-state index in [4.69, 9.17) is 0 Å². The van der Waals surface area contributed by atoms with Crippen LogP contribution in [0.25, 0.3) is 0 Å². The minimum absolute atomic E-state index is 0.210. The lowest BCUT2D eigenvalue weighted by molar-refractivity contribution is -0.143. The molecule has 0 aromatic heterocycles. The summed E-state index contributed by atoms with van der Waals surface area (Å²) in [5, 5.41) is 3.37. The van der Waals surface area contributed by atoms with Crippen LogP contribution in [0.15, 0.2) is 11.6 Å². The molecule has 2 fully saturated rings. The van der Waals surface area contributed by atoms with Gasteiger partial charge in [0, 0.05) is 9.46 Å². The van der Waals surface area contributed by atoms with Gasteiger partial charge in [0.25, 0.3) is 0 Å². The Morgan fingerprint density at radius 3 is 2.50 bits per heavy atom. The lowest BCUT2D eigenvalue weighted by Crippen LogP contribution is -2.57. The van der Waals surface area contributed by atoms with Crippen LogP contribution in [0.2, 0.25) is 0 Å². The number of allylic oxidation sites excluding steroid dienone is 2. The van der Waals surface area contributed by atoms with Crippen molar-refractivity contribution in [2.75, 3.05) is 0 Å². The molecule has 148 valence electrons. The molecule has 0 spiro atoms. The Kier molecular flexibility index (Phi) is 5.63. The molecule has 3 aliphatic rings. The van der Waals surface area contributed by atoms with Gasteiger partial charge in [-0.2, -0.15) is 0 Å². The zero-order chi connectivity index (χ0) is 19.3. The maximum absolute atomic E-state index is 13.4. The highest BCUT2D eigenvalue weighted by Crippen LogP contribution is 2.64. The number of hydrogen-bond donors (Lipinski definition) is 1. The van der Waals surface area contributed by atoms with Crippen molar-refractivity contribution in [1.29, 1.82) is 0 Å². The molecule has 2 nitrogen and oxygen atoms in total. The van der Waals surface area contributed by atoms with Crippen LogP contribution in [0, 0.1) is 28.6 Å². The summed E-state index contributed by atoms with van der Waals surface area (Å²) < 4.78 is 0.387. The third kappa shape index (κ3) is 3.28. The Hall–Kier alpha value is -0.0600. The van der Waals surface area contributed by atoms with Crippen LogP contribution in [0.3, 0.4) is 0 Å². The SMILES string of the molecule is CC(C)[C@@H](C)NC(=O)[C@]1(C)CCC[C@@]2(C)C3=CCC[C@](C)(I)C3CCC12. The molecule has 0 bridgehead atoms. The Balaban J connectivity index is 1.91. The molecule has 26 heavy (non-hydrogen) atoms. The first-order valence-corrected chi connectivity index (χ1v) is 11.8. The Morgan fingerprint density at radius 1 is 1.15 bits per heavy atom. The van der Waals surface area contributed by atoms with Gasteiger partial charge >= 0.3 is 0 Å². The zero-order valence-corrected chi connectivity index (χ0v) is 19.8. The van der Waals surface area contributed by atoms with Crippen LogP contribution in [0.1, 0.15) is 86.5 Å². The van der Waals surface area contributed by atoms with Crippen LogP contribution in [0.5, 0.6) is 0 Å². The van der Waals surface area contributed by atoms with Gasteiger partial charge in [-0.15, -0.1) is 0 Å². The fourth-order valence-electron chi connectivity index (χ4n) is 6.24. The molecule has 0 aromatic carbocycles. The van der Waals surface area contributed by atoms with Crippen molar-refractivity contribution < 1.29 is 4.79 Å². The number of fused-ring (bicyclic) bond motifs is 3. The number of halogens is 1. The van der Waals surface area contributed by atoms with E-state index in [1.165, 1.54) is 38.5 Å². The van der Waals surface area contributed by atoms with E-state index in [9.17, 15) is 4.79 Å². The van der Waals surface area contributed by atoms with Crippen molar-refractivity contribution in [3.8, 4) is 0 Å². The summed E-state index contributed by atoms with van der Waals surface area (Å²) in [5.74, 6) is 1.98. The fraction of sp³-hybridized carbons (Fsp3) is 0.870. The summed E-state index contributed by atoms with van der Waals surface area (Å²) >= 11 is 2.72. The summed E-state index contributed by atoms with van der Waals surface area (Å²) in [4.78, 5) is 13.4. The maximum atomic E-state index is 13.4. The quantitative estimate of drug-likeness (QED) is 0.293. The Labute approximate surface area is 174 Å². The van der Waals surface area contributed by atoms with Gasteiger partial charge in [-0.25, -0.2) is 0 Å². The predicted molar refractivity (Wildman–Crippen MR) is 118 cm³/mol. The second-order valence-electron chi connectivity index (χ2n) is 10.4. The lowest BCUT2D eigenvalue weighted by atomic mass is 9.46. The van der Waals surface area contributed by atoms with E-state index in [0.717, 1.165) is 6.42 Å². The number of rotatable bonds is 3. The number of alkyl halides is 1. The third-order valence-corrected chi connectivity index (χ3v) is 9.60. The molecule has 2 saturated carbocycles. The minimum atomic E-state index is -0.221. The zero-order valence-electron chi connectivity index (χ0n) is 17.6. The fourth-order valence-corrected chi connectivity index (χ4v) is 7.20. The first-order chi connectivity index (χ1) is 12.0. The van der Waals surface area contributed by atoms with E-state index in [2.05, 4.69) is 75.5 Å². The molecule has 2 unspecified atom stereocenters. The molecule has 3 aliphatic carbocycles. The largest absolute Gasteiger partial charge is 0.353 e. The van der Waals surface area contributed by atoms with Gasteiger partial charge in [0.05, 0.1) is 5.41 Å². The third-order valence-electron chi connectivity index (χ3n) is 8.31. The second-order valence-corrected chi connectivity index (χ2v) is 12.8. The standard InChI is InChI=1S/C23H38INO/c1-15(2)16(3)25-20(26)22(5)13-8-12-21(4)17-9-7-14-23(6,24)18(17)10-11-19(21)22/h9,15-16,18-19H,7-8,10-14H2,1-6H3,(H,25,26)/t16-,18?,19?,21+,22-,23+/m1/s1. The van der Waals surface area contributed by atoms with Crippen molar-refractivity contribution in [1.82, 2.24) is 5.32 Å². The van der Waals surface area contributed by atoms with E-state index in [1.807, 2.05) is 0 Å². The van der Waals surface area contributed by atoms with Crippen LogP contribution < -0.4 is 5.32 Å². The van der Waals surface area contributed by atoms with Crippen molar-refractivity contribution in [3.05, 3.63) is 11.6 Å². The number of carbonyl (C=O) groups excluding carboxylic acids is 1. The number of carbonyl (C=O) groups is 1. The topological polar surface area (TPSA) is 29.1 Å². The molecule has 3 heteroatoms. The Bertz CT molecular complexity index is 595. The van der Waals surface area contributed by atoms with E-state index >= 15 is 0 Å². The van der Waals surface area contributed by atoms with Gasteiger partial charge in [-0.1, -0.05) is 68.4 Å². The first-order valence-electron chi connectivity index (χ1n) is 10.7. The lowest BCUT2D eigenvalue weighted by Gasteiger charge is -2.59. The number of nitrogens with one attached hydrogen (secondary N) is 1. The summed E-state index contributed by atoms with van der Waals surface area (Å²) in [6, 6.07) is 0.246. The van der Waals surface area contributed by atoms with Crippen molar-refractivity contribution in [3.63, 3.8) is 0 Å². The molecule has 0 heterocycles. The van der Waals surface area contributed by atoms with Gasteiger partial charge in [-0.05, 0) is 75.5 Å². The Morgan fingerprint density at radius 2 is 1.85 bits per heavy atom. The first kappa shape index (κ1) is 20.7. The van der Waals surface area contributed by atoms with Gasteiger partial charge in [0.2, 0.25) is 5.91 Å². The van der Waals surface area contributed by atoms with E-state index in [0.29, 0.717) is 27.1 Å². The smallest absolute Gasteiger partial charge is 0.226 e. The monoisotopic (exact) mass is 471 g/mol. The molecule has 0 radical (unpaired) electrons. The van der Waals surface area contributed by atoms with E-state index in [1.54, 1.807) is 5.57 Å². The highest BCUT2D eigenvalue weighted by atomic mass is 127. The minimum Gasteiger partial charge on any atom is -0.353 e. The van der Waals surface area contributed by atoms with Crippen molar-refractivity contribution in [2.45, 2.75) is 96.0 Å². The predicted octanol–water partition coefficient (Wildman–Crippen LogP) is 6.28. The average Bonchev–Trinajstić information content (AvgIpc) is 2.54. The highest BCUT2D eigenvalue weighted by Gasteiger charge is 2.58. The molecule has 6 atom stereocenters. The van der Waals surface area contributed by atoms with Gasteiger partial charge < -0.3 is 5.32 Å². The average molecular weight is 471 g/mol. The summed E-state index contributed by atoms with van der Waals surface area (Å²) in [6.45, 7) is 13.7.